The van der Waals surface area contributed by atoms with Gasteiger partial charge in [0, 0.05) is 28.4 Å². The van der Waals surface area contributed by atoms with Crippen molar-refractivity contribution in [3.05, 3.63) is 46.4 Å². The quantitative estimate of drug-likeness (QED) is 0.829. The normalized spacial score (nSPS) is 10.1. The zero-order valence-corrected chi connectivity index (χ0v) is 14.8. The molecule has 0 fully saturated rings. The Labute approximate surface area is 143 Å². The molecule has 0 radical (unpaired) electrons. The fraction of sp³-hybridized carbons (Fsp3) is 0.235. The Morgan fingerprint density at radius 1 is 1.04 bits per heavy atom. The summed E-state index contributed by atoms with van der Waals surface area (Å²) in [5.74, 6) is 1.46. The summed E-state index contributed by atoms with van der Waals surface area (Å²) in [6, 6.07) is 10.7. The zero-order valence-electron chi connectivity index (χ0n) is 13.2. The SMILES string of the molecule is COc1cc(OC)cc(OCC(=O)Nc2ccc(Br)c(C)c2)c1. The largest absolute Gasteiger partial charge is 0.496 e. The van der Waals surface area contributed by atoms with Crippen molar-refractivity contribution >= 4 is 27.5 Å². The van der Waals surface area contributed by atoms with E-state index in [1.54, 1.807) is 32.4 Å². The van der Waals surface area contributed by atoms with Gasteiger partial charge in [0.05, 0.1) is 14.2 Å². The fourth-order valence-electron chi connectivity index (χ4n) is 1.93. The van der Waals surface area contributed by atoms with Gasteiger partial charge in [0.25, 0.3) is 5.91 Å². The van der Waals surface area contributed by atoms with Crippen molar-refractivity contribution in [1.82, 2.24) is 0 Å². The van der Waals surface area contributed by atoms with Crippen LogP contribution in [0, 0.1) is 6.92 Å². The van der Waals surface area contributed by atoms with E-state index in [9.17, 15) is 4.79 Å². The minimum Gasteiger partial charge on any atom is -0.496 e. The van der Waals surface area contributed by atoms with Gasteiger partial charge in [-0.05, 0) is 30.7 Å². The number of rotatable bonds is 6. The number of anilines is 1. The van der Waals surface area contributed by atoms with Crippen molar-refractivity contribution in [1.29, 1.82) is 0 Å². The van der Waals surface area contributed by atoms with Gasteiger partial charge in [-0.15, -0.1) is 0 Å². The van der Waals surface area contributed by atoms with Crippen molar-refractivity contribution in [3.8, 4) is 17.2 Å². The number of methoxy groups -OCH3 is 2. The maximum absolute atomic E-state index is 12.0. The molecule has 6 heteroatoms. The van der Waals surface area contributed by atoms with E-state index in [4.69, 9.17) is 14.2 Å². The highest BCUT2D eigenvalue weighted by molar-refractivity contribution is 9.10. The van der Waals surface area contributed by atoms with E-state index < -0.39 is 0 Å². The number of amides is 1. The second-order valence-corrected chi connectivity index (χ2v) is 5.70. The number of hydrogen-bond donors (Lipinski definition) is 1. The molecule has 2 aromatic rings. The highest BCUT2D eigenvalue weighted by atomic mass is 79.9. The van der Waals surface area contributed by atoms with E-state index >= 15 is 0 Å². The first-order valence-electron chi connectivity index (χ1n) is 6.93. The standard InChI is InChI=1S/C17H18BrNO4/c1-11-6-12(4-5-16(11)18)19-17(20)10-23-15-8-13(21-2)7-14(9-15)22-3/h4-9H,10H2,1-3H3,(H,19,20). The summed E-state index contributed by atoms with van der Waals surface area (Å²) >= 11 is 3.42. The molecular formula is C17H18BrNO4. The molecule has 2 aromatic carbocycles. The van der Waals surface area contributed by atoms with Crippen LogP contribution in [-0.2, 0) is 4.79 Å². The highest BCUT2D eigenvalue weighted by Gasteiger charge is 2.07. The summed E-state index contributed by atoms with van der Waals surface area (Å²) in [7, 11) is 3.11. The zero-order chi connectivity index (χ0) is 16.8. The van der Waals surface area contributed by atoms with Gasteiger partial charge in [0.2, 0.25) is 0 Å². The molecule has 2 rings (SSSR count). The molecule has 0 aromatic heterocycles. The monoisotopic (exact) mass is 379 g/mol. The lowest BCUT2D eigenvalue weighted by Crippen LogP contribution is -2.20. The summed E-state index contributed by atoms with van der Waals surface area (Å²) in [6.07, 6.45) is 0. The topological polar surface area (TPSA) is 56.8 Å². The summed E-state index contributed by atoms with van der Waals surface area (Å²) in [5, 5.41) is 2.79. The Bertz CT molecular complexity index is 681. The molecule has 0 spiro atoms. The summed E-state index contributed by atoms with van der Waals surface area (Å²) < 4.78 is 16.8. The maximum Gasteiger partial charge on any atom is 0.262 e. The molecule has 0 unspecified atom stereocenters. The summed E-state index contributed by atoms with van der Waals surface area (Å²) in [4.78, 5) is 12.0. The van der Waals surface area contributed by atoms with Crippen molar-refractivity contribution in [2.45, 2.75) is 6.92 Å². The molecular weight excluding hydrogens is 362 g/mol. The Balaban J connectivity index is 1.97. The van der Waals surface area contributed by atoms with Gasteiger partial charge in [0.1, 0.15) is 17.2 Å². The molecule has 5 nitrogen and oxygen atoms in total. The van der Waals surface area contributed by atoms with E-state index in [0.29, 0.717) is 17.2 Å². The van der Waals surface area contributed by atoms with E-state index in [-0.39, 0.29) is 12.5 Å². The number of ether oxygens (including phenoxy) is 3. The van der Waals surface area contributed by atoms with Gasteiger partial charge in [-0.2, -0.15) is 0 Å². The average molecular weight is 380 g/mol. The molecule has 0 saturated carbocycles. The van der Waals surface area contributed by atoms with E-state index in [1.165, 1.54) is 0 Å². The third-order valence-electron chi connectivity index (χ3n) is 3.14. The molecule has 1 amide bonds. The fourth-order valence-corrected chi connectivity index (χ4v) is 2.18. The van der Waals surface area contributed by atoms with Gasteiger partial charge in [-0.1, -0.05) is 15.9 Å². The lowest BCUT2D eigenvalue weighted by atomic mass is 10.2. The average Bonchev–Trinajstić information content (AvgIpc) is 2.56. The number of hydrogen-bond acceptors (Lipinski definition) is 4. The van der Waals surface area contributed by atoms with Crippen LogP contribution in [0.4, 0.5) is 5.69 Å². The first-order chi connectivity index (χ1) is 11.0. The third kappa shape index (κ3) is 4.89. The van der Waals surface area contributed by atoms with Gasteiger partial charge >= 0.3 is 0 Å². The third-order valence-corrected chi connectivity index (χ3v) is 4.03. The van der Waals surface area contributed by atoms with Crippen LogP contribution in [0.25, 0.3) is 0 Å². The van der Waals surface area contributed by atoms with Gasteiger partial charge in [-0.25, -0.2) is 0 Å². The number of carbonyl (C=O) groups excluding carboxylic acids is 1. The van der Waals surface area contributed by atoms with E-state index in [1.807, 2.05) is 25.1 Å². The molecule has 0 aliphatic heterocycles. The van der Waals surface area contributed by atoms with Crippen LogP contribution < -0.4 is 19.5 Å². The molecule has 0 aliphatic rings. The summed E-state index contributed by atoms with van der Waals surface area (Å²) in [5.41, 5.74) is 1.77. The predicted molar refractivity (Wildman–Crippen MR) is 92.5 cm³/mol. The summed E-state index contributed by atoms with van der Waals surface area (Å²) in [6.45, 7) is 1.85. The number of halogens is 1. The van der Waals surface area contributed by atoms with Crippen LogP contribution in [0.5, 0.6) is 17.2 Å². The first kappa shape index (κ1) is 17.1. The minimum atomic E-state index is -0.242. The number of benzene rings is 2. The lowest BCUT2D eigenvalue weighted by molar-refractivity contribution is -0.118. The number of carbonyl (C=O) groups is 1. The minimum absolute atomic E-state index is 0.106. The van der Waals surface area contributed by atoms with Crippen LogP contribution in [0.2, 0.25) is 0 Å². The van der Waals surface area contributed by atoms with Crippen LogP contribution in [-0.4, -0.2) is 26.7 Å². The second kappa shape index (κ2) is 7.87. The molecule has 122 valence electrons. The molecule has 0 atom stereocenters. The molecule has 0 bridgehead atoms. The number of aryl methyl sites for hydroxylation is 1. The van der Waals surface area contributed by atoms with Crippen molar-refractivity contribution in [3.63, 3.8) is 0 Å². The second-order valence-electron chi connectivity index (χ2n) is 4.85. The van der Waals surface area contributed by atoms with E-state index in [0.717, 1.165) is 15.7 Å². The molecule has 0 saturated heterocycles. The van der Waals surface area contributed by atoms with Crippen LogP contribution in [0.1, 0.15) is 5.56 Å². The molecule has 0 aliphatic carbocycles. The van der Waals surface area contributed by atoms with Crippen molar-refractivity contribution in [2.24, 2.45) is 0 Å². The Morgan fingerprint density at radius 2 is 1.65 bits per heavy atom. The molecule has 0 heterocycles. The van der Waals surface area contributed by atoms with Gasteiger partial charge in [-0.3, -0.25) is 4.79 Å². The smallest absolute Gasteiger partial charge is 0.262 e. The lowest BCUT2D eigenvalue weighted by Gasteiger charge is -2.11. The van der Waals surface area contributed by atoms with Gasteiger partial charge in [0.15, 0.2) is 6.61 Å². The predicted octanol–water partition coefficient (Wildman–Crippen LogP) is 3.79. The first-order valence-corrected chi connectivity index (χ1v) is 7.73. The highest BCUT2D eigenvalue weighted by Crippen LogP contribution is 2.27. The maximum atomic E-state index is 12.0. The van der Waals surface area contributed by atoms with Crippen LogP contribution in [0.3, 0.4) is 0 Å². The van der Waals surface area contributed by atoms with Crippen LogP contribution >= 0.6 is 15.9 Å². The van der Waals surface area contributed by atoms with Crippen LogP contribution in [0.15, 0.2) is 40.9 Å². The van der Waals surface area contributed by atoms with Crippen molar-refractivity contribution in [2.75, 3.05) is 26.1 Å². The number of nitrogens with one attached hydrogen (secondary N) is 1. The van der Waals surface area contributed by atoms with E-state index in [2.05, 4.69) is 21.2 Å². The molecule has 23 heavy (non-hydrogen) atoms. The molecule has 1 N–H and O–H groups in total. The van der Waals surface area contributed by atoms with Gasteiger partial charge < -0.3 is 19.5 Å². The Hall–Kier alpha value is -2.21. The van der Waals surface area contributed by atoms with Crippen molar-refractivity contribution < 1.29 is 19.0 Å². The Morgan fingerprint density at radius 3 is 2.22 bits per heavy atom. The Kier molecular flexibility index (Phi) is 5.87.